The van der Waals surface area contributed by atoms with Gasteiger partial charge in [0, 0.05) is 25.7 Å². The van der Waals surface area contributed by atoms with Crippen molar-refractivity contribution in [3.8, 4) is 5.75 Å². The van der Waals surface area contributed by atoms with Gasteiger partial charge in [-0.3, -0.25) is 4.90 Å². The van der Waals surface area contributed by atoms with E-state index in [0.717, 1.165) is 50.8 Å². The Bertz CT molecular complexity index is 1490. The first-order valence-corrected chi connectivity index (χ1v) is 18.2. The van der Waals surface area contributed by atoms with Crippen molar-refractivity contribution in [2.24, 2.45) is 5.92 Å². The highest BCUT2D eigenvalue weighted by Gasteiger charge is 2.44. The van der Waals surface area contributed by atoms with Crippen molar-refractivity contribution in [3.63, 3.8) is 0 Å². The van der Waals surface area contributed by atoms with E-state index in [9.17, 15) is 18.3 Å². The Hall–Kier alpha value is -3.00. The maximum Gasteiger partial charge on any atom is 0.407 e. The normalized spacial score (nSPS) is 28.4. The number of fused-ring (bicyclic) bond motifs is 3. The van der Waals surface area contributed by atoms with Crippen molar-refractivity contribution >= 4 is 16.1 Å². The van der Waals surface area contributed by atoms with Crippen LogP contribution in [0.3, 0.4) is 0 Å². The second kappa shape index (κ2) is 15.5. The van der Waals surface area contributed by atoms with Crippen molar-refractivity contribution in [2.75, 3.05) is 46.5 Å². The van der Waals surface area contributed by atoms with Crippen LogP contribution in [-0.2, 0) is 37.1 Å². The van der Waals surface area contributed by atoms with E-state index in [1.54, 1.807) is 25.3 Å². The molecule has 11 nitrogen and oxygen atoms in total. The number of nitrogens with zero attached hydrogens (tertiary/aromatic N) is 2. The van der Waals surface area contributed by atoms with Crippen molar-refractivity contribution in [2.45, 2.75) is 80.4 Å². The number of rotatable bonds is 8. The number of allylic oxidation sites excluding steroid dienone is 1. The van der Waals surface area contributed by atoms with Crippen molar-refractivity contribution < 1.29 is 37.3 Å². The molecular formula is C35H47N3O8S. The number of carbonyl (C=O) groups is 1. The Morgan fingerprint density at radius 3 is 2.79 bits per heavy atom. The summed E-state index contributed by atoms with van der Waals surface area (Å²) in [5, 5.41) is 14.7. The van der Waals surface area contributed by atoms with Gasteiger partial charge in [0.25, 0.3) is 0 Å². The molecule has 4 aliphatic heterocycles. The van der Waals surface area contributed by atoms with Gasteiger partial charge in [-0.2, -0.15) is 4.31 Å². The summed E-state index contributed by atoms with van der Waals surface area (Å²) < 4.78 is 53.0. The molecule has 2 N–H and O–H groups in total. The molecule has 0 aromatic heterocycles. The Morgan fingerprint density at radius 1 is 1.11 bits per heavy atom. The lowest BCUT2D eigenvalue weighted by atomic mass is 10.0. The number of nitrogens with one attached hydrogen (secondary N) is 1. The van der Waals surface area contributed by atoms with E-state index < -0.39 is 34.4 Å². The fourth-order valence-corrected chi connectivity index (χ4v) is 8.94. The van der Waals surface area contributed by atoms with Gasteiger partial charge in [-0.15, -0.1) is 0 Å². The molecule has 256 valence electrons. The van der Waals surface area contributed by atoms with Crippen LogP contribution in [0.4, 0.5) is 4.79 Å². The fourth-order valence-electron chi connectivity index (χ4n) is 7.21. The van der Waals surface area contributed by atoms with Crippen LogP contribution >= 0.6 is 0 Å². The summed E-state index contributed by atoms with van der Waals surface area (Å²) in [5.74, 6) is 0.568. The lowest BCUT2D eigenvalue weighted by molar-refractivity contribution is -0.0907. The topological polar surface area (TPSA) is 127 Å². The number of methoxy groups -OCH3 is 1. The SMILES string of the molecule is COc1ccc2c(c1)CCC/C=C/CN1CCC[C@H]1CN(C[C@@H](O)[C@H](Cc1ccccc1)NC(=O)O[C@H]1CO[C@H]3OCC[C@H]31)S2(=O)=O. The van der Waals surface area contributed by atoms with Crippen LogP contribution in [0.2, 0.25) is 0 Å². The molecule has 12 heteroatoms. The van der Waals surface area contributed by atoms with Crippen LogP contribution in [0.1, 0.15) is 43.2 Å². The Morgan fingerprint density at radius 2 is 1.96 bits per heavy atom. The quantitative estimate of drug-likeness (QED) is 0.406. The molecule has 47 heavy (non-hydrogen) atoms. The highest BCUT2D eigenvalue weighted by molar-refractivity contribution is 7.89. The third kappa shape index (κ3) is 8.18. The second-order valence-electron chi connectivity index (χ2n) is 12.9. The number of aliphatic hydroxyl groups excluding tert-OH is 1. The summed E-state index contributed by atoms with van der Waals surface area (Å²) in [6.45, 7) is 2.48. The van der Waals surface area contributed by atoms with Crippen LogP contribution < -0.4 is 10.1 Å². The van der Waals surface area contributed by atoms with Gasteiger partial charge in [0.05, 0.1) is 43.3 Å². The zero-order valence-electron chi connectivity index (χ0n) is 27.0. The van der Waals surface area contributed by atoms with E-state index in [1.807, 2.05) is 30.3 Å². The van der Waals surface area contributed by atoms with Gasteiger partial charge < -0.3 is 29.4 Å². The molecule has 0 radical (unpaired) electrons. The van der Waals surface area contributed by atoms with E-state index >= 15 is 0 Å². The summed E-state index contributed by atoms with van der Waals surface area (Å²) >= 11 is 0. The minimum atomic E-state index is -4.05. The van der Waals surface area contributed by atoms with Crippen LogP contribution in [0.5, 0.6) is 5.75 Å². The molecule has 6 rings (SSSR count). The van der Waals surface area contributed by atoms with Crippen molar-refractivity contribution in [3.05, 3.63) is 71.8 Å². The van der Waals surface area contributed by atoms with Gasteiger partial charge in [0.15, 0.2) is 6.29 Å². The molecule has 0 spiro atoms. The zero-order chi connectivity index (χ0) is 32.8. The number of amides is 1. The summed E-state index contributed by atoms with van der Waals surface area (Å²) in [4.78, 5) is 15.8. The summed E-state index contributed by atoms with van der Waals surface area (Å²) in [7, 11) is -2.48. The van der Waals surface area contributed by atoms with E-state index in [2.05, 4.69) is 22.4 Å². The fraction of sp³-hybridized carbons (Fsp3) is 0.571. The summed E-state index contributed by atoms with van der Waals surface area (Å²) in [6.07, 6.45) is 6.72. The van der Waals surface area contributed by atoms with Gasteiger partial charge in [-0.05, 0) is 80.8 Å². The number of carbonyl (C=O) groups excluding carboxylic acids is 1. The number of sulfonamides is 1. The maximum absolute atomic E-state index is 14.6. The molecule has 6 atom stereocenters. The number of hydrogen-bond donors (Lipinski definition) is 2. The predicted molar refractivity (Wildman–Crippen MR) is 176 cm³/mol. The molecule has 0 bridgehead atoms. The first kappa shape index (κ1) is 33.9. The molecular weight excluding hydrogens is 622 g/mol. The van der Waals surface area contributed by atoms with E-state index in [-0.39, 0.29) is 49.3 Å². The lowest BCUT2D eigenvalue weighted by Crippen LogP contribution is -2.53. The third-order valence-corrected chi connectivity index (χ3v) is 11.8. The van der Waals surface area contributed by atoms with Crippen LogP contribution in [0.15, 0.2) is 65.6 Å². The van der Waals surface area contributed by atoms with Gasteiger partial charge in [0.2, 0.25) is 10.0 Å². The van der Waals surface area contributed by atoms with Crippen LogP contribution in [-0.4, -0.2) is 106 Å². The Balaban J connectivity index is 1.27. The maximum atomic E-state index is 14.6. The highest BCUT2D eigenvalue weighted by atomic mass is 32.2. The average molecular weight is 670 g/mol. The van der Waals surface area contributed by atoms with Crippen molar-refractivity contribution in [1.82, 2.24) is 14.5 Å². The minimum absolute atomic E-state index is 0.00137. The zero-order valence-corrected chi connectivity index (χ0v) is 27.9. The summed E-state index contributed by atoms with van der Waals surface area (Å²) in [5.41, 5.74) is 1.58. The van der Waals surface area contributed by atoms with E-state index in [1.165, 1.54) is 4.31 Å². The van der Waals surface area contributed by atoms with Crippen LogP contribution in [0, 0.1) is 5.92 Å². The molecule has 0 saturated carbocycles. The predicted octanol–water partition coefficient (Wildman–Crippen LogP) is 3.50. The molecule has 4 aliphatic rings. The first-order valence-electron chi connectivity index (χ1n) is 16.8. The Labute approximate surface area is 277 Å². The molecule has 1 amide bonds. The average Bonchev–Trinajstić information content (AvgIpc) is 3.81. The lowest BCUT2D eigenvalue weighted by Gasteiger charge is -2.33. The largest absolute Gasteiger partial charge is 0.497 e. The molecule has 4 heterocycles. The summed E-state index contributed by atoms with van der Waals surface area (Å²) in [6, 6.07) is 13.8. The number of hydrogen-bond acceptors (Lipinski definition) is 9. The van der Waals surface area contributed by atoms with Gasteiger partial charge in [-0.25, -0.2) is 13.2 Å². The minimum Gasteiger partial charge on any atom is -0.497 e. The van der Waals surface area contributed by atoms with Gasteiger partial charge in [0.1, 0.15) is 11.9 Å². The molecule has 0 unspecified atom stereocenters. The molecule has 2 aromatic carbocycles. The van der Waals surface area contributed by atoms with Gasteiger partial charge >= 0.3 is 6.09 Å². The molecule has 3 saturated heterocycles. The van der Waals surface area contributed by atoms with Crippen LogP contribution in [0.25, 0.3) is 0 Å². The number of aryl methyl sites for hydroxylation is 1. The number of β-amino-alcohol motifs (C(OH)–C–C–N with tert-alkyl or cyclic N) is 1. The number of benzene rings is 2. The standard InChI is InChI=1S/C35H47N3O8S/c1-43-28-14-15-33-26(21-28)12-7-2-3-8-17-37-18-9-13-27(37)22-38(47(33,41)42)23-31(39)30(20-25-10-5-4-6-11-25)36-35(40)46-32-24-45-34-29(32)16-19-44-34/h3-6,8,10-11,14-15,21,27,29-32,34,39H,2,7,9,12-13,16-20,22-24H2,1H3,(H,36,40)/b8-3+/t27-,29-,30-,31+,32-,34+/m0/s1. The Kier molecular flexibility index (Phi) is 11.2. The second-order valence-corrected chi connectivity index (χ2v) is 14.8. The highest BCUT2D eigenvalue weighted by Crippen LogP contribution is 2.33. The first-order chi connectivity index (χ1) is 22.8. The number of aliphatic hydroxyl groups is 1. The van der Waals surface area contributed by atoms with Gasteiger partial charge in [-0.1, -0.05) is 42.5 Å². The van der Waals surface area contributed by atoms with E-state index in [0.29, 0.717) is 24.3 Å². The third-order valence-electron chi connectivity index (χ3n) is 9.82. The number of alkyl carbamates (subject to hydrolysis) is 1. The number of ether oxygens (including phenoxy) is 4. The molecule has 0 aliphatic carbocycles. The smallest absolute Gasteiger partial charge is 0.407 e. The van der Waals surface area contributed by atoms with Crippen molar-refractivity contribution in [1.29, 1.82) is 0 Å². The molecule has 2 aromatic rings. The monoisotopic (exact) mass is 669 g/mol. The van der Waals surface area contributed by atoms with E-state index in [4.69, 9.17) is 18.9 Å². The molecule has 3 fully saturated rings.